The van der Waals surface area contributed by atoms with Crippen LogP contribution in [-0.2, 0) is 0 Å². The van der Waals surface area contributed by atoms with Crippen molar-refractivity contribution < 1.29 is 0 Å². The van der Waals surface area contributed by atoms with E-state index in [0.29, 0.717) is 6.54 Å². The third-order valence-corrected chi connectivity index (χ3v) is 2.35. The lowest BCUT2D eigenvalue weighted by Gasteiger charge is -2.08. The van der Waals surface area contributed by atoms with Crippen molar-refractivity contribution in [3.63, 3.8) is 0 Å². The molecule has 4 nitrogen and oxygen atoms in total. The summed E-state index contributed by atoms with van der Waals surface area (Å²) in [6, 6.07) is 1.93. The molecule has 0 aliphatic rings. The summed E-state index contributed by atoms with van der Waals surface area (Å²) in [4.78, 5) is 8.66. The first kappa shape index (κ1) is 13.5. The Bertz CT molecular complexity index is 349. The van der Waals surface area contributed by atoms with Gasteiger partial charge in [0.05, 0.1) is 0 Å². The van der Waals surface area contributed by atoms with Crippen molar-refractivity contribution in [2.45, 2.75) is 33.1 Å². The van der Waals surface area contributed by atoms with E-state index in [1.54, 1.807) is 0 Å². The maximum Gasteiger partial charge on any atom is 0.132 e. The monoisotopic (exact) mass is 234 g/mol. The fourth-order valence-electron chi connectivity index (χ4n) is 1.52. The normalized spacial score (nSPS) is 10.0. The predicted octanol–water partition coefficient (Wildman–Crippen LogP) is 2.99. The summed E-state index contributed by atoms with van der Waals surface area (Å²) in [5.41, 5.74) is 0. The molecule has 94 valence electrons. The van der Waals surface area contributed by atoms with Gasteiger partial charge in [-0.1, -0.05) is 25.8 Å². The molecule has 0 spiro atoms. The molecular formula is C13H22N4. The molecule has 0 atom stereocenters. The van der Waals surface area contributed by atoms with Crippen LogP contribution in [0.25, 0.3) is 0 Å². The highest BCUT2D eigenvalue weighted by Gasteiger charge is 2.00. The molecule has 1 rings (SSSR count). The summed E-state index contributed by atoms with van der Waals surface area (Å²) < 4.78 is 0. The lowest BCUT2D eigenvalue weighted by atomic mass is 10.2. The Labute approximate surface area is 104 Å². The Morgan fingerprint density at radius 3 is 2.59 bits per heavy atom. The first-order valence-corrected chi connectivity index (χ1v) is 6.20. The second-order valence-corrected chi connectivity index (χ2v) is 3.99. The van der Waals surface area contributed by atoms with Gasteiger partial charge in [-0.05, 0) is 13.3 Å². The van der Waals surface area contributed by atoms with Crippen molar-refractivity contribution in [3.05, 3.63) is 24.5 Å². The number of hydrogen-bond donors (Lipinski definition) is 2. The van der Waals surface area contributed by atoms with Gasteiger partial charge < -0.3 is 10.6 Å². The van der Waals surface area contributed by atoms with Gasteiger partial charge in [-0.15, -0.1) is 6.58 Å². The van der Waals surface area contributed by atoms with Gasteiger partial charge in [0.25, 0.3) is 0 Å². The van der Waals surface area contributed by atoms with E-state index in [1.807, 2.05) is 19.1 Å². The van der Waals surface area contributed by atoms with Gasteiger partial charge in [0.2, 0.25) is 0 Å². The number of nitrogens with one attached hydrogen (secondary N) is 2. The third kappa shape index (κ3) is 5.33. The Hall–Kier alpha value is -1.58. The lowest BCUT2D eigenvalue weighted by molar-refractivity contribution is 0.742. The number of hydrogen-bond acceptors (Lipinski definition) is 4. The van der Waals surface area contributed by atoms with Crippen molar-refractivity contribution >= 4 is 11.6 Å². The van der Waals surface area contributed by atoms with Crippen LogP contribution in [0.2, 0.25) is 0 Å². The van der Waals surface area contributed by atoms with Crippen LogP contribution in [0.3, 0.4) is 0 Å². The summed E-state index contributed by atoms with van der Waals surface area (Å²) in [5, 5.41) is 6.49. The molecule has 17 heavy (non-hydrogen) atoms. The number of aromatic nitrogens is 2. The van der Waals surface area contributed by atoms with Crippen LogP contribution >= 0.6 is 0 Å². The Morgan fingerprint density at radius 2 is 1.94 bits per heavy atom. The fourth-order valence-corrected chi connectivity index (χ4v) is 1.52. The Balaban J connectivity index is 2.52. The van der Waals surface area contributed by atoms with Crippen molar-refractivity contribution in [2.75, 3.05) is 23.7 Å². The highest BCUT2D eigenvalue weighted by Crippen LogP contribution is 2.11. The van der Waals surface area contributed by atoms with E-state index in [0.717, 1.165) is 24.0 Å². The molecule has 0 saturated carbocycles. The lowest BCUT2D eigenvalue weighted by Crippen LogP contribution is -2.07. The average Bonchev–Trinajstić information content (AvgIpc) is 2.31. The van der Waals surface area contributed by atoms with Crippen molar-refractivity contribution in [1.82, 2.24) is 9.97 Å². The summed E-state index contributed by atoms with van der Waals surface area (Å²) in [7, 11) is 0. The van der Waals surface area contributed by atoms with Crippen LogP contribution in [0.1, 0.15) is 32.0 Å². The largest absolute Gasteiger partial charge is 0.370 e. The molecule has 2 N–H and O–H groups in total. The van der Waals surface area contributed by atoms with Crippen molar-refractivity contribution in [1.29, 1.82) is 0 Å². The standard InChI is InChI=1S/C13H22N4/c1-4-6-7-9-15-13-10-12(14-8-5-2)16-11(3)17-13/h5,10H,2,4,6-9H2,1,3H3,(H2,14,15,16,17). The molecule has 0 aromatic carbocycles. The summed E-state index contributed by atoms with van der Waals surface area (Å²) in [6.45, 7) is 9.45. The minimum absolute atomic E-state index is 0.714. The number of nitrogens with zero attached hydrogens (tertiary/aromatic N) is 2. The zero-order valence-corrected chi connectivity index (χ0v) is 10.8. The van der Waals surface area contributed by atoms with Gasteiger partial charge in [-0.2, -0.15) is 0 Å². The Morgan fingerprint density at radius 1 is 1.24 bits per heavy atom. The molecular weight excluding hydrogens is 212 g/mol. The molecule has 1 aromatic heterocycles. The molecule has 1 aromatic rings. The van der Waals surface area contributed by atoms with E-state index in [1.165, 1.54) is 19.3 Å². The summed E-state index contributed by atoms with van der Waals surface area (Å²) in [6.07, 6.45) is 5.47. The second-order valence-electron chi connectivity index (χ2n) is 3.99. The quantitative estimate of drug-likeness (QED) is 0.536. The van der Waals surface area contributed by atoms with Gasteiger partial charge in [-0.3, -0.25) is 0 Å². The van der Waals surface area contributed by atoms with Gasteiger partial charge in [-0.25, -0.2) is 9.97 Å². The highest BCUT2D eigenvalue weighted by atomic mass is 15.1. The molecule has 1 heterocycles. The van der Waals surface area contributed by atoms with Crippen LogP contribution in [0.5, 0.6) is 0 Å². The molecule has 0 radical (unpaired) electrons. The number of rotatable bonds is 8. The molecule has 0 unspecified atom stereocenters. The SMILES string of the molecule is C=CCNc1cc(NCCCCC)nc(C)n1. The molecule has 0 amide bonds. The number of anilines is 2. The average molecular weight is 234 g/mol. The maximum absolute atomic E-state index is 4.35. The smallest absolute Gasteiger partial charge is 0.132 e. The van der Waals surface area contributed by atoms with Gasteiger partial charge in [0, 0.05) is 19.2 Å². The minimum Gasteiger partial charge on any atom is -0.370 e. The third-order valence-electron chi connectivity index (χ3n) is 2.35. The second kappa shape index (κ2) is 7.65. The first-order valence-electron chi connectivity index (χ1n) is 6.20. The number of unbranched alkanes of at least 4 members (excludes halogenated alkanes) is 2. The molecule has 0 saturated heterocycles. The van der Waals surface area contributed by atoms with Crippen LogP contribution in [0.15, 0.2) is 18.7 Å². The van der Waals surface area contributed by atoms with E-state index in [4.69, 9.17) is 0 Å². The van der Waals surface area contributed by atoms with E-state index in [9.17, 15) is 0 Å². The van der Waals surface area contributed by atoms with Crippen molar-refractivity contribution in [3.8, 4) is 0 Å². The van der Waals surface area contributed by atoms with E-state index in [-0.39, 0.29) is 0 Å². The van der Waals surface area contributed by atoms with E-state index in [2.05, 4.69) is 34.1 Å². The van der Waals surface area contributed by atoms with E-state index >= 15 is 0 Å². The topological polar surface area (TPSA) is 49.8 Å². The molecule has 0 fully saturated rings. The van der Waals surface area contributed by atoms with Crippen LogP contribution in [0.4, 0.5) is 11.6 Å². The van der Waals surface area contributed by atoms with Gasteiger partial charge in [0.1, 0.15) is 17.5 Å². The van der Waals surface area contributed by atoms with E-state index < -0.39 is 0 Å². The minimum atomic E-state index is 0.714. The van der Waals surface area contributed by atoms with Crippen LogP contribution in [0, 0.1) is 6.92 Å². The van der Waals surface area contributed by atoms with Crippen LogP contribution < -0.4 is 10.6 Å². The summed E-state index contributed by atoms with van der Waals surface area (Å²) in [5.74, 6) is 2.51. The maximum atomic E-state index is 4.35. The predicted molar refractivity (Wildman–Crippen MR) is 73.5 cm³/mol. The van der Waals surface area contributed by atoms with Crippen molar-refractivity contribution in [2.24, 2.45) is 0 Å². The summed E-state index contributed by atoms with van der Waals surface area (Å²) >= 11 is 0. The first-order chi connectivity index (χ1) is 8.26. The zero-order chi connectivity index (χ0) is 12.5. The number of aryl methyl sites for hydroxylation is 1. The molecule has 0 bridgehead atoms. The molecule has 4 heteroatoms. The Kier molecular flexibility index (Phi) is 6.07. The van der Waals surface area contributed by atoms with Crippen LogP contribution in [-0.4, -0.2) is 23.1 Å². The molecule has 0 aliphatic heterocycles. The van der Waals surface area contributed by atoms with Gasteiger partial charge >= 0.3 is 0 Å². The highest BCUT2D eigenvalue weighted by molar-refractivity contribution is 5.47. The zero-order valence-electron chi connectivity index (χ0n) is 10.8. The fraction of sp³-hybridized carbons (Fsp3) is 0.538. The van der Waals surface area contributed by atoms with Gasteiger partial charge in [0.15, 0.2) is 0 Å². The molecule has 0 aliphatic carbocycles.